The molecule has 0 radical (unpaired) electrons. The Kier molecular flexibility index (Phi) is 2.68. The van der Waals surface area contributed by atoms with Crippen LogP contribution >= 0.6 is 11.5 Å². The van der Waals surface area contributed by atoms with Gasteiger partial charge in [0.1, 0.15) is 0 Å². The summed E-state index contributed by atoms with van der Waals surface area (Å²) in [6.45, 7) is 5.40. The van der Waals surface area contributed by atoms with Crippen LogP contribution in [0.3, 0.4) is 0 Å². The van der Waals surface area contributed by atoms with E-state index in [0.29, 0.717) is 5.92 Å². The highest BCUT2D eigenvalue weighted by molar-refractivity contribution is 7.04. The average molecular weight is 156 g/mol. The third-order valence-corrected chi connectivity index (χ3v) is 1.73. The highest BCUT2D eigenvalue weighted by Gasteiger charge is 1.93. The summed E-state index contributed by atoms with van der Waals surface area (Å²) in [5.74, 6) is 0.694. The standard InChI is InChI=1S/C7H12N2S/c1-6(2)3-8-7-4-9-10-5-7/h4-6,8H,3H2,1-2H3. The van der Waals surface area contributed by atoms with Crippen molar-refractivity contribution >= 4 is 17.2 Å². The molecule has 0 atom stereocenters. The van der Waals surface area contributed by atoms with Gasteiger partial charge in [-0.25, -0.2) is 0 Å². The lowest BCUT2D eigenvalue weighted by molar-refractivity contribution is 0.689. The molecule has 1 rings (SSSR count). The second-order valence-electron chi connectivity index (χ2n) is 2.69. The Balaban J connectivity index is 2.28. The molecule has 0 aliphatic heterocycles. The van der Waals surface area contributed by atoms with Gasteiger partial charge in [0.25, 0.3) is 0 Å². The van der Waals surface area contributed by atoms with Crippen molar-refractivity contribution in [2.24, 2.45) is 5.92 Å². The van der Waals surface area contributed by atoms with Crippen molar-refractivity contribution in [3.63, 3.8) is 0 Å². The molecular weight excluding hydrogens is 144 g/mol. The Morgan fingerprint density at radius 3 is 3.00 bits per heavy atom. The summed E-state index contributed by atoms with van der Waals surface area (Å²) in [7, 11) is 0. The number of rotatable bonds is 3. The molecule has 1 heterocycles. The summed E-state index contributed by atoms with van der Waals surface area (Å²) in [4.78, 5) is 0. The number of nitrogens with one attached hydrogen (secondary N) is 1. The molecule has 0 aliphatic carbocycles. The average Bonchev–Trinajstić information content (AvgIpc) is 2.34. The maximum Gasteiger partial charge on any atom is 0.0653 e. The molecule has 0 saturated heterocycles. The van der Waals surface area contributed by atoms with Crippen LogP contribution in [-0.4, -0.2) is 10.9 Å². The number of hydrogen-bond donors (Lipinski definition) is 1. The molecule has 2 nitrogen and oxygen atoms in total. The van der Waals surface area contributed by atoms with E-state index in [4.69, 9.17) is 0 Å². The monoisotopic (exact) mass is 156 g/mol. The molecule has 0 unspecified atom stereocenters. The largest absolute Gasteiger partial charge is 0.383 e. The number of aromatic nitrogens is 1. The van der Waals surface area contributed by atoms with E-state index in [-0.39, 0.29) is 0 Å². The van der Waals surface area contributed by atoms with Crippen molar-refractivity contribution in [2.75, 3.05) is 11.9 Å². The fraction of sp³-hybridized carbons (Fsp3) is 0.571. The van der Waals surface area contributed by atoms with Crippen LogP contribution in [0.4, 0.5) is 5.69 Å². The van der Waals surface area contributed by atoms with Crippen LogP contribution in [0.2, 0.25) is 0 Å². The molecule has 0 aliphatic rings. The molecule has 1 N–H and O–H groups in total. The molecule has 3 heteroatoms. The van der Waals surface area contributed by atoms with Gasteiger partial charge in [0.15, 0.2) is 0 Å². The zero-order valence-electron chi connectivity index (χ0n) is 6.29. The first-order chi connectivity index (χ1) is 4.79. The van der Waals surface area contributed by atoms with E-state index >= 15 is 0 Å². The molecule has 56 valence electrons. The molecule has 0 saturated carbocycles. The predicted octanol–water partition coefficient (Wildman–Crippen LogP) is 2.21. The summed E-state index contributed by atoms with van der Waals surface area (Å²) in [5.41, 5.74) is 1.14. The minimum Gasteiger partial charge on any atom is -0.383 e. The van der Waals surface area contributed by atoms with Crippen LogP contribution in [0.1, 0.15) is 13.8 Å². The van der Waals surface area contributed by atoms with Gasteiger partial charge in [0.2, 0.25) is 0 Å². The molecule has 0 aromatic carbocycles. The maximum absolute atomic E-state index is 3.98. The SMILES string of the molecule is CC(C)CNc1cnsc1. The summed E-state index contributed by atoms with van der Waals surface area (Å²) in [5, 5.41) is 5.29. The van der Waals surface area contributed by atoms with Crippen molar-refractivity contribution in [1.29, 1.82) is 0 Å². The first-order valence-corrected chi connectivity index (χ1v) is 4.26. The molecule has 1 aromatic heterocycles. The minimum absolute atomic E-state index is 0.694. The van der Waals surface area contributed by atoms with Crippen molar-refractivity contribution in [2.45, 2.75) is 13.8 Å². The summed E-state index contributed by atoms with van der Waals surface area (Å²) in [6.07, 6.45) is 1.85. The van der Waals surface area contributed by atoms with Crippen LogP contribution in [0, 0.1) is 5.92 Å². The van der Waals surface area contributed by atoms with Crippen LogP contribution in [-0.2, 0) is 0 Å². The normalized spacial score (nSPS) is 10.3. The van der Waals surface area contributed by atoms with E-state index in [9.17, 15) is 0 Å². The number of anilines is 1. The molecule has 0 spiro atoms. The zero-order chi connectivity index (χ0) is 7.40. The van der Waals surface area contributed by atoms with Gasteiger partial charge in [0.05, 0.1) is 11.9 Å². The van der Waals surface area contributed by atoms with Gasteiger partial charge < -0.3 is 5.32 Å². The summed E-state index contributed by atoms with van der Waals surface area (Å²) in [6, 6.07) is 0. The Morgan fingerprint density at radius 2 is 2.50 bits per heavy atom. The fourth-order valence-electron chi connectivity index (χ4n) is 0.614. The Morgan fingerprint density at radius 1 is 1.70 bits per heavy atom. The second kappa shape index (κ2) is 3.56. The maximum atomic E-state index is 3.98. The Labute approximate surface area is 65.4 Å². The van der Waals surface area contributed by atoms with E-state index in [2.05, 4.69) is 23.5 Å². The molecule has 10 heavy (non-hydrogen) atoms. The van der Waals surface area contributed by atoms with E-state index in [1.54, 1.807) is 0 Å². The Hall–Kier alpha value is -0.570. The summed E-state index contributed by atoms with van der Waals surface area (Å²) < 4.78 is 3.98. The lowest BCUT2D eigenvalue weighted by Gasteiger charge is -2.04. The van der Waals surface area contributed by atoms with Crippen molar-refractivity contribution < 1.29 is 0 Å². The first-order valence-electron chi connectivity index (χ1n) is 3.42. The van der Waals surface area contributed by atoms with Gasteiger partial charge in [-0.15, -0.1) is 0 Å². The van der Waals surface area contributed by atoms with Gasteiger partial charge in [-0.1, -0.05) is 13.8 Å². The predicted molar refractivity (Wildman–Crippen MR) is 45.4 cm³/mol. The number of hydrogen-bond acceptors (Lipinski definition) is 3. The highest BCUT2D eigenvalue weighted by atomic mass is 32.1. The fourth-order valence-corrected chi connectivity index (χ4v) is 1.11. The van der Waals surface area contributed by atoms with Crippen LogP contribution in [0.25, 0.3) is 0 Å². The highest BCUT2D eigenvalue weighted by Crippen LogP contribution is 2.08. The third kappa shape index (κ3) is 2.35. The van der Waals surface area contributed by atoms with Gasteiger partial charge in [-0.3, -0.25) is 0 Å². The van der Waals surface area contributed by atoms with Gasteiger partial charge in [0, 0.05) is 11.9 Å². The van der Waals surface area contributed by atoms with Crippen LogP contribution in [0.5, 0.6) is 0 Å². The lowest BCUT2D eigenvalue weighted by Crippen LogP contribution is -2.06. The quantitative estimate of drug-likeness (QED) is 0.725. The first kappa shape index (κ1) is 7.54. The minimum atomic E-state index is 0.694. The third-order valence-electron chi connectivity index (χ3n) is 1.15. The topological polar surface area (TPSA) is 24.9 Å². The summed E-state index contributed by atoms with van der Waals surface area (Å²) >= 11 is 1.48. The number of nitrogens with zero attached hydrogens (tertiary/aromatic N) is 1. The molecule has 1 aromatic rings. The second-order valence-corrected chi connectivity index (χ2v) is 3.35. The van der Waals surface area contributed by atoms with Gasteiger partial charge >= 0.3 is 0 Å². The van der Waals surface area contributed by atoms with E-state index < -0.39 is 0 Å². The molecular formula is C7H12N2S. The molecule has 0 fully saturated rings. The van der Waals surface area contributed by atoms with Crippen LogP contribution < -0.4 is 5.32 Å². The van der Waals surface area contributed by atoms with E-state index in [1.165, 1.54) is 11.5 Å². The smallest absolute Gasteiger partial charge is 0.0653 e. The van der Waals surface area contributed by atoms with Gasteiger partial charge in [-0.05, 0) is 17.5 Å². The van der Waals surface area contributed by atoms with Gasteiger partial charge in [-0.2, -0.15) is 4.37 Å². The molecule has 0 amide bonds. The van der Waals surface area contributed by atoms with E-state index in [1.807, 2.05) is 11.6 Å². The zero-order valence-corrected chi connectivity index (χ0v) is 7.11. The van der Waals surface area contributed by atoms with Crippen molar-refractivity contribution in [3.05, 3.63) is 11.6 Å². The van der Waals surface area contributed by atoms with Crippen molar-refractivity contribution in [3.8, 4) is 0 Å². The molecule has 0 bridgehead atoms. The Bertz CT molecular complexity index is 170. The van der Waals surface area contributed by atoms with E-state index in [0.717, 1.165) is 12.2 Å². The lowest BCUT2D eigenvalue weighted by atomic mass is 10.2. The van der Waals surface area contributed by atoms with Crippen molar-refractivity contribution in [1.82, 2.24) is 4.37 Å². The van der Waals surface area contributed by atoms with Crippen LogP contribution in [0.15, 0.2) is 11.6 Å².